The van der Waals surface area contributed by atoms with Gasteiger partial charge >= 0.3 is 0 Å². The number of hydrogen-bond acceptors (Lipinski definition) is 4. The van der Waals surface area contributed by atoms with Crippen molar-refractivity contribution in [2.75, 3.05) is 30.8 Å². The number of benzene rings is 2. The van der Waals surface area contributed by atoms with E-state index in [0.29, 0.717) is 6.54 Å². The molecule has 2 aromatic rings. The van der Waals surface area contributed by atoms with Crippen molar-refractivity contribution in [3.05, 3.63) is 54.3 Å². The molecule has 0 unspecified atom stereocenters. The second kappa shape index (κ2) is 7.57. The Bertz CT molecular complexity index is 708. The fraction of sp³-hybridized carbons (Fsp3) is 0.278. The molecule has 3 rings (SSSR count). The Morgan fingerprint density at radius 1 is 1.29 bits per heavy atom. The molecule has 0 spiro atoms. The fourth-order valence-electron chi connectivity index (χ4n) is 2.62. The highest BCUT2D eigenvalue weighted by molar-refractivity contribution is 7.99. The summed E-state index contributed by atoms with van der Waals surface area (Å²) in [6.45, 7) is 1.29. The Morgan fingerprint density at radius 2 is 2.04 bits per heavy atom. The Labute approximate surface area is 145 Å². The van der Waals surface area contributed by atoms with Crippen molar-refractivity contribution in [2.45, 2.75) is 11.0 Å². The number of rotatable bonds is 5. The third-order valence-electron chi connectivity index (χ3n) is 3.84. The van der Waals surface area contributed by atoms with Crippen molar-refractivity contribution in [2.24, 2.45) is 0 Å². The van der Waals surface area contributed by atoms with E-state index in [1.807, 2.05) is 24.3 Å². The van der Waals surface area contributed by atoms with Gasteiger partial charge in [0.1, 0.15) is 11.6 Å². The smallest absolute Gasteiger partial charge is 0.262 e. The van der Waals surface area contributed by atoms with Gasteiger partial charge in [0.05, 0.1) is 12.2 Å². The summed E-state index contributed by atoms with van der Waals surface area (Å²) in [5.41, 5.74) is 0.998. The highest BCUT2D eigenvalue weighted by Gasteiger charge is 2.29. The number of carbonyl (C=O) groups excluding carboxylic acids is 1. The van der Waals surface area contributed by atoms with Gasteiger partial charge in [-0.2, -0.15) is 0 Å². The summed E-state index contributed by atoms with van der Waals surface area (Å²) in [5, 5.41) is 2.64. The number of anilines is 1. The number of ether oxygens (including phenoxy) is 1. The minimum Gasteiger partial charge on any atom is -0.477 e. The van der Waals surface area contributed by atoms with Crippen LogP contribution in [0, 0.1) is 5.82 Å². The molecule has 1 N–H and O–H groups in total. The highest BCUT2D eigenvalue weighted by Crippen LogP contribution is 2.33. The molecule has 0 saturated heterocycles. The molecule has 1 heterocycles. The fourth-order valence-corrected chi connectivity index (χ4v) is 3.50. The van der Waals surface area contributed by atoms with Gasteiger partial charge in [0.25, 0.3) is 5.91 Å². The maximum absolute atomic E-state index is 12.9. The lowest BCUT2D eigenvalue weighted by molar-refractivity contribution is -0.127. The summed E-state index contributed by atoms with van der Waals surface area (Å²) in [6, 6.07) is 14.2. The normalized spacial score (nSPS) is 16.2. The van der Waals surface area contributed by atoms with Crippen molar-refractivity contribution in [1.82, 2.24) is 5.32 Å². The van der Waals surface area contributed by atoms with Crippen molar-refractivity contribution < 1.29 is 13.9 Å². The number of carbonyl (C=O) groups is 1. The summed E-state index contributed by atoms with van der Waals surface area (Å²) in [5.74, 6) is 1.21. The number of nitrogens with zero attached hydrogens (tertiary/aromatic N) is 1. The lowest BCUT2D eigenvalue weighted by Gasteiger charge is -2.35. The van der Waals surface area contributed by atoms with E-state index >= 15 is 0 Å². The molecule has 0 bridgehead atoms. The Kier molecular flexibility index (Phi) is 5.25. The third-order valence-corrected chi connectivity index (χ3v) is 4.84. The van der Waals surface area contributed by atoms with Crippen molar-refractivity contribution in [1.29, 1.82) is 0 Å². The van der Waals surface area contributed by atoms with E-state index in [2.05, 4.69) is 10.2 Å². The van der Waals surface area contributed by atoms with Crippen LogP contribution >= 0.6 is 11.8 Å². The van der Waals surface area contributed by atoms with Crippen LogP contribution in [0.5, 0.6) is 5.75 Å². The molecule has 1 amide bonds. The number of para-hydroxylation sites is 2. The second-order valence-corrected chi connectivity index (χ2v) is 6.61. The first-order valence-electron chi connectivity index (χ1n) is 7.78. The van der Waals surface area contributed by atoms with Gasteiger partial charge in [0.2, 0.25) is 0 Å². The van der Waals surface area contributed by atoms with Gasteiger partial charge in [0, 0.05) is 24.2 Å². The molecule has 0 aromatic heterocycles. The van der Waals surface area contributed by atoms with Crippen LogP contribution in [0.4, 0.5) is 10.1 Å². The molecule has 1 aliphatic heterocycles. The van der Waals surface area contributed by atoms with Crippen molar-refractivity contribution >= 4 is 23.4 Å². The Balaban J connectivity index is 1.66. The van der Waals surface area contributed by atoms with Gasteiger partial charge in [-0.1, -0.05) is 12.1 Å². The highest BCUT2D eigenvalue weighted by atomic mass is 32.2. The van der Waals surface area contributed by atoms with E-state index in [0.717, 1.165) is 28.6 Å². The third kappa shape index (κ3) is 3.82. The Hall–Kier alpha value is -2.21. The van der Waals surface area contributed by atoms with Crippen LogP contribution in [0.25, 0.3) is 0 Å². The van der Waals surface area contributed by atoms with Crippen molar-refractivity contribution in [3.63, 3.8) is 0 Å². The molecular weight excluding hydrogens is 327 g/mol. The van der Waals surface area contributed by atoms with Crippen LogP contribution in [-0.2, 0) is 4.79 Å². The van der Waals surface area contributed by atoms with Crippen molar-refractivity contribution in [3.8, 4) is 5.75 Å². The molecule has 2 aromatic carbocycles. The zero-order chi connectivity index (χ0) is 16.9. The topological polar surface area (TPSA) is 41.6 Å². The van der Waals surface area contributed by atoms with Gasteiger partial charge in [-0.3, -0.25) is 4.79 Å². The Morgan fingerprint density at radius 3 is 2.79 bits per heavy atom. The number of fused-ring (bicyclic) bond motifs is 1. The predicted molar refractivity (Wildman–Crippen MR) is 94.3 cm³/mol. The molecule has 0 fully saturated rings. The van der Waals surface area contributed by atoms with Crippen LogP contribution in [0.2, 0.25) is 0 Å². The lowest BCUT2D eigenvalue weighted by Crippen LogP contribution is -2.48. The number of halogens is 1. The molecule has 1 aliphatic rings. The number of nitrogens with one attached hydrogen (secondary N) is 1. The van der Waals surface area contributed by atoms with Gasteiger partial charge < -0.3 is 15.0 Å². The van der Waals surface area contributed by atoms with E-state index in [4.69, 9.17) is 4.74 Å². The van der Waals surface area contributed by atoms with Crippen LogP contribution in [0.3, 0.4) is 0 Å². The first kappa shape index (κ1) is 16.6. The van der Waals surface area contributed by atoms with E-state index in [1.54, 1.807) is 30.9 Å². The van der Waals surface area contributed by atoms with Crippen LogP contribution in [0.15, 0.2) is 53.4 Å². The number of hydrogen-bond donors (Lipinski definition) is 1. The molecule has 24 heavy (non-hydrogen) atoms. The minimum atomic E-state index is -0.513. The van der Waals surface area contributed by atoms with Gasteiger partial charge in [-0.15, -0.1) is 11.8 Å². The summed E-state index contributed by atoms with van der Waals surface area (Å²) < 4.78 is 18.7. The van der Waals surface area contributed by atoms with Gasteiger partial charge in [-0.25, -0.2) is 4.39 Å². The zero-order valence-electron chi connectivity index (χ0n) is 13.4. The average molecular weight is 346 g/mol. The average Bonchev–Trinajstić information content (AvgIpc) is 2.62. The predicted octanol–water partition coefficient (Wildman–Crippen LogP) is 2.93. The SMILES string of the molecule is CNC(=O)[C@@H]1CN(CCSc2ccc(F)cc2)c2ccccc2O1. The largest absolute Gasteiger partial charge is 0.477 e. The molecule has 4 nitrogen and oxygen atoms in total. The molecule has 126 valence electrons. The molecule has 6 heteroatoms. The summed E-state index contributed by atoms with van der Waals surface area (Å²) in [6.07, 6.45) is -0.513. The van der Waals surface area contributed by atoms with E-state index in [1.165, 1.54) is 12.1 Å². The summed E-state index contributed by atoms with van der Waals surface area (Å²) >= 11 is 1.66. The maximum atomic E-state index is 12.9. The molecule has 0 saturated carbocycles. The molecule has 0 radical (unpaired) electrons. The standard InChI is InChI=1S/C18H19FN2O2S/c1-20-18(22)17-12-21(15-4-2-3-5-16(15)23-17)10-11-24-14-8-6-13(19)7-9-14/h2-9,17H,10-12H2,1H3,(H,20,22)/t17-/m0/s1. The summed E-state index contributed by atoms with van der Waals surface area (Å²) in [4.78, 5) is 15.1. The van der Waals surface area contributed by atoms with E-state index < -0.39 is 6.10 Å². The first-order chi connectivity index (χ1) is 11.7. The van der Waals surface area contributed by atoms with E-state index in [9.17, 15) is 9.18 Å². The molecule has 1 atom stereocenters. The van der Waals surface area contributed by atoms with Crippen LogP contribution < -0.4 is 15.0 Å². The van der Waals surface area contributed by atoms with E-state index in [-0.39, 0.29) is 11.7 Å². The quantitative estimate of drug-likeness (QED) is 0.846. The second-order valence-electron chi connectivity index (χ2n) is 5.44. The number of amides is 1. The van der Waals surface area contributed by atoms with Gasteiger partial charge in [-0.05, 0) is 36.4 Å². The van der Waals surface area contributed by atoms with Gasteiger partial charge in [0.15, 0.2) is 6.10 Å². The maximum Gasteiger partial charge on any atom is 0.262 e. The monoisotopic (exact) mass is 346 g/mol. The zero-order valence-corrected chi connectivity index (χ0v) is 14.2. The molecular formula is C18H19FN2O2S. The van der Waals surface area contributed by atoms with Crippen LogP contribution in [0.1, 0.15) is 0 Å². The lowest BCUT2D eigenvalue weighted by atomic mass is 10.2. The molecule has 0 aliphatic carbocycles. The first-order valence-corrected chi connectivity index (χ1v) is 8.76. The van der Waals surface area contributed by atoms with Crippen LogP contribution in [-0.4, -0.2) is 37.9 Å². The minimum absolute atomic E-state index is 0.124. The summed E-state index contributed by atoms with van der Waals surface area (Å²) in [7, 11) is 1.61. The number of thioether (sulfide) groups is 1. The number of likely N-dealkylation sites (N-methyl/N-ethyl adjacent to an activating group) is 1.